The summed E-state index contributed by atoms with van der Waals surface area (Å²) in [6.45, 7) is 11.2. The maximum Gasteiger partial charge on any atom is 0.0897 e. The molecule has 2 unspecified atom stereocenters. The van der Waals surface area contributed by atoms with Gasteiger partial charge in [0.1, 0.15) is 0 Å². The Balaban J connectivity index is 1.81. The van der Waals surface area contributed by atoms with Crippen LogP contribution in [0.15, 0.2) is 0 Å². The van der Waals surface area contributed by atoms with E-state index in [1.54, 1.807) is 0 Å². The van der Waals surface area contributed by atoms with Crippen molar-refractivity contribution in [3.8, 4) is 0 Å². The van der Waals surface area contributed by atoms with Gasteiger partial charge in [0.15, 0.2) is 0 Å². The first kappa shape index (κ1) is 34.0. The van der Waals surface area contributed by atoms with Crippen LogP contribution in [-0.4, -0.2) is 83.0 Å². The molecule has 226 valence electrons. The summed E-state index contributed by atoms with van der Waals surface area (Å²) in [5.41, 5.74) is 0. The molecule has 2 aliphatic rings. The first-order valence-electron chi connectivity index (χ1n) is 16.2. The van der Waals surface area contributed by atoms with Gasteiger partial charge >= 0.3 is 0 Å². The lowest BCUT2D eigenvalue weighted by molar-refractivity contribution is 0.0229. The predicted octanol–water partition coefficient (Wildman–Crippen LogP) is 4.83. The number of rotatable bonds is 19. The minimum absolute atomic E-state index is 0.287. The molecule has 2 rings (SSSR count). The van der Waals surface area contributed by atoms with E-state index < -0.39 is 12.2 Å². The highest BCUT2D eigenvalue weighted by molar-refractivity contribution is 4.80. The van der Waals surface area contributed by atoms with Gasteiger partial charge in [0.05, 0.1) is 25.4 Å². The van der Waals surface area contributed by atoms with E-state index in [1.165, 1.54) is 77.0 Å². The Hall–Kier alpha value is -0.240. The van der Waals surface area contributed by atoms with Gasteiger partial charge < -0.3 is 25.7 Å². The van der Waals surface area contributed by atoms with Crippen LogP contribution in [0.5, 0.6) is 0 Å². The summed E-state index contributed by atoms with van der Waals surface area (Å²) in [4.78, 5) is 1.96. The molecule has 0 aliphatic heterocycles. The summed E-state index contributed by atoms with van der Waals surface area (Å²) in [5.74, 6) is 5.30. The van der Waals surface area contributed by atoms with Crippen LogP contribution in [0.1, 0.15) is 111 Å². The van der Waals surface area contributed by atoms with Crippen molar-refractivity contribution in [2.45, 2.75) is 129 Å². The van der Waals surface area contributed by atoms with Crippen LogP contribution in [0.3, 0.4) is 0 Å². The average molecular weight is 541 g/mol. The van der Waals surface area contributed by atoms with E-state index in [4.69, 9.17) is 0 Å². The van der Waals surface area contributed by atoms with Crippen LogP contribution in [0.2, 0.25) is 0 Å². The molecule has 2 fully saturated rings. The molecule has 0 aromatic carbocycles. The molecule has 0 saturated heterocycles. The molecular weight excluding hydrogens is 476 g/mol. The van der Waals surface area contributed by atoms with Crippen molar-refractivity contribution in [1.82, 2.24) is 10.2 Å². The quantitative estimate of drug-likeness (QED) is 0.151. The third-order valence-electron chi connectivity index (χ3n) is 9.96. The molecule has 2 saturated carbocycles. The number of aliphatic hydroxyl groups is 4. The fourth-order valence-corrected chi connectivity index (χ4v) is 7.09. The Morgan fingerprint density at radius 2 is 1.11 bits per heavy atom. The third kappa shape index (κ3) is 13.4. The summed E-state index contributed by atoms with van der Waals surface area (Å²) in [6.07, 6.45) is 15.8. The van der Waals surface area contributed by atoms with Gasteiger partial charge in [-0.2, -0.15) is 0 Å². The second-order valence-corrected chi connectivity index (χ2v) is 13.6. The number of aliphatic hydroxyl groups excluding tert-OH is 4. The van der Waals surface area contributed by atoms with Crippen molar-refractivity contribution < 1.29 is 20.4 Å². The average Bonchev–Trinajstić information content (AvgIpc) is 2.92. The second-order valence-electron chi connectivity index (χ2n) is 13.6. The largest absolute Gasteiger partial charge is 0.394 e. The van der Waals surface area contributed by atoms with Gasteiger partial charge in [0.2, 0.25) is 0 Å². The molecule has 0 heterocycles. The van der Waals surface area contributed by atoms with E-state index in [0.29, 0.717) is 19.1 Å². The topological polar surface area (TPSA) is 96.2 Å². The highest BCUT2D eigenvalue weighted by atomic mass is 16.3. The molecule has 6 heteroatoms. The van der Waals surface area contributed by atoms with Gasteiger partial charge in [-0.15, -0.1) is 0 Å². The zero-order valence-electron chi connectivity index (χ0n) is 25.4. The fraction of sp³-hybridized carbons (Fsp3) is 1.00. The third-order valence-corrected chi connectivity index (χ3v) is 9.96. The van der Waals surface area contributed by atoms with Crippen molar-refractivity contribution >= 4 is 0 Å². The van der Waals surface area contributed by atoms with Gasteiger partial charge in [0.25, 0.3) is 0 Å². The predicted molar refractivity (Wildman–Crippen MR) is 158 cm³/mol. The molecule has 2 atom stereocenters. The Morgan fingerprint density at radius 1 is 0.684 bits per heavy atom. The Morgan fingerprint density at radius 3 is 1.47 bits per heavy atom. The van der Waals surface area contributed by atoms with Crippen LogP contribution in [-0.2, 0) is 0 Å². The van der Waals surface area contributed by atoms with Crippen LogP contribution >= 0.6 is 0 Å². The normalized spacial score (nSPS) is 27.2. The standard InChI is InChI=1S/C32H64N2O4/c1-24(2)28-12-6-26(7-13-28)10-16-30(17-11-27-8-14-29(15-9-27)25(3)4)33-18-5-19-34(20-31(37)22-35)21-32(38)23-36/h24-33,35-38H,5-23H2,1-4H3. The maximum absolute atomic E-state index is 9.89. The number of nitrogens with zero attached hydrogens (tertiary/aromatic N) is 1. The molecule has 0 bridgehead atoms. The van der Waals surface area contributed by atoms with Gasteiger partial charge in [-0.25, -0.2) is 0 Å². The Bertz CT molecular complexity index is 530. The van der Waals surface area contributed by atoms with E-state index in [2.05, 4.69) is 33.0 Å². The number of hydrogen-bond acceptors (Lipinski definition) is 6. The highest BCUT2D eigenvalue weighted by Crippen LogP contribution is 2.37. The first-order valence-corrected chi connectivity index (χ1v) is 16.2. The molecule has 38 heavy (non-hydrogen) atoms. The molecule has 0 spiro atoms. The van der Waals surface area contributed by atoms with Gasteiger partial charge in [-0.1, -0.05) is 53.4 Å². The summed E-state index contributed by atoms with van der Waals surface area (Å²) < 4.78 is 0. The van der Waals surface area contributed by atoms with Gasteiger partial charge in [0, 0.05) is 19.1 Å². The monoisotopic (exact) mass is 540 g/mol. The number of hydrogen-bond donors (Lipinski definition) is 5. The van der Waals surface area contributed by atoms with Crippen LogP contribution in [0.4, 0.5) is 0 Å². The molecule has 6 nitrogen and oxygen atoms in total. The molecule has 0 aromatic heterocycles. The summed E-state index contributed by atoms with van der Waals surface area (Å²) in [5, 5.41) is 42.1. The van der Waals surface area contributed by atoms with Crippen LogP contribution in [0.25, 0.3) is 0 Å². The zero-order valence-corrected chi connectivity index (χ0v) is 25.4. The second kappa shape index (κ2) is 19.0. The van der Waals surface area contributed by atoms with E-state index in [0.717, 1.165) is 55.0 Å². The maximum atomic E-state index is 9.89. The minimum Gasteiger partial charge on any atom is -0.394 e. The van der Waals surface area contributed by atoms with Crippen LogP contribution in [0, 0.1) is 35.5 Å². The number of nitrogens with one attached hydrogen (secondary N) is 1. The van der Waals surface area contributed by atoms with E-state index >= 15 is 0 Å². The van der Waals surface area contributed by atoms with E-state index in [-0.39, 0.29) is 13.2 Å². The van der Waals surface area contributed by atoms with Crippen molar-refractivity contribution in [2.24, 2.45) is 35.5 Å². The van der Waals surface area contributed by atoms with Crippen molar-refractivity contribution in [3.63, 3.8) is 0 Å². The molecule has 2 aliphatic carbocycles. The van der Waals surface area contributed by atoms with E-state index in [9.17, 15) is 20.4 Å². The molecular formula is C32H64N2O4. The Kier molecular flexibility index (Phi) is 17.0. The molecule has 0 radical (unpaired) electrons. The summed E-state index contributed by atoms with van der Waals surface area (Å²) in [7, 11) is 0. The van der Waals surface area contributed by atoms with Crippen molar-refractivity contribution in [1.29, 1.82) is 0 Å². The molecule has 0 amide bonds. The molecule has 5 N–H and O–H groups in total. The lowest BCUT2D eigenvalue weighted by Gasteiger charge is -2.33. The van der Waals surface area contributed by atoms with Gasteiger partial charge in [-0.3, -0.25) is 4.90 Å². The minimum atomic E-state index is -0.821. The van der Waals surface area contributed by atoms with E-state index in [1.807, 2.05) is 4.90 Å². The highest BCUT2D eigenvalue weighted by Gasteiger charge is 2.26. The van der Waals surface area contributed by atoms with Gasteiger partial charge in [-0.05, 0) is 106 Å². The summed E-state index contributed by atoms with van der Waals surface area (Å²) >= 11 is 0. The molecule has 0 aromatic rings. The lowest BCUT2D eigenvalue weighted by atomic mass is 9.74. The van der Waals surface area contributed by atoms with Crippen molar-refractivity contribution in [2.75, 3.05) is 39.4 Å². The van der Waals surface area contributed by atoms with Crippen LogP contribution < -0.4 is 5.32 Å². The lowest BCUT2D eigenvalue weighted by Crippen LogP contribution is -2.42. The van der Waals surface area contributed by atoms with Crippen molar-refractivity contribution in [3.05, 3.63) is 0 Å². The summed E-state index contributed by atoms with van der Waals surface area (Å²) in [6, 6.07) is 0.570. The SMILES string of the molecule is CC(C)C1CCC(CCC(CCC2CCC(C(C)C)CC2)NCCCN(CC(O)CO)CC(O)CO)CC1. The zero-order chi connectivity index (χ0) is 27.9. The Labute approximate surface area is 235 Å². The first-order chi connectivity index (χ1) is 18.2. The fourth-order valence-electron chi connectivity index (χ4n) is 7.09. The smallest absolute Gasteiger partial charge is 0.0897 e.